The number of nitrogens with two attached hydrogens (primary N) is 1. The predicted octanol–water partition coefficient (Wildman–Crippen LogP) is 4.26. The molecule has 0 unspecified atom stereocenters. The highest BCUT2D eigenvalue weighted by molar-refractivity contribution is 5.85. The van der Waals surface area contributed by atoms with Gasteiger partial charge in [-0.05, 0) is 23.6 Å². The van der Waals surface area contributed by atoms with Crippen LogP contribution >= 0.6 is 0 Å². The van der Waals surface area contributed by atoms with Crippen LogP contribution in [-0.4, -0.2) is 35.0 Å². The number of benzene rings is 1. The number of carbonyl (C=O) groups excluding carboxylic acids is 1. The van der Waals surface area contributed by atoms with E-state index < -0.39 is 48.1 Å². The molecule has 1 aromatic heterocycles. The van der Waals surface area contributed by atoms with Crippen LogP contribution < -0.4 is 5.73 Å². The van der Waals surface area contributed by atoms with Gasteiger partial charge in [-0.3, -0.25) is 0 Å². The number of hydrogen-bond acceptors (Lipinski definition) is 4. The summed E-state index contributed by atoms with van der Waals surface area (Å²) in [6.45, 7) is 1.32. The molecule has 2 aromatic rings. The lowest BCUT2D eigenvalue weighted by atomic mass is 9.99. The average molecular weight is 408 g/mol. The number of nitrogens with zero attached hydrogens (tertiary/aromatic N) is 3. The van der Waals surface area contributed by atoms with Gasteiger partial charge in [0, 0.05) is 0 Å². The molecule has 1 aromatic carbocycles. The van der Waals surface area contributed by atoms with E-state index in [1.54, 1.807) is 13.8 Å². The van der Waals surface area contributed by atoms with Gasteiger partial charge in [-0.1, -0.05) is 13.8 Å². The molecule has 0 saturated carbocycles. The number of rotatable bonds is 4. The Labute approximate surface area is 154 Å². The molecule has 1 heterocycles. The third kappa shape index (κ3) is 4.43. The lowest BCUT2D eigenvalue weighted by Gasteiger charge is -2.09. The van der Waals surface area contributed by atoms with Crippen LogP contribution in [0, 0.1) is 17.5 Å². The van der Waals surface area contributed by atoms with E-state index in [4.69, 9.17) is 5.73 Å². The lowest BCUT2D eigenvalue weighted by Crippen LogP contribution is -2.24. The summed E-state index contributed by atoms with van der Waals surface area (Å²) in [5.74, 6) is -5.63. The Balaban J connectivity index is 2.68. The molecular formula is C16H14F6N4O2. The maximum absolute atomic E-state index is 13.7. The molecule has 0 aliphatic heterocycles. The highest BCUT2D eigenvalue weighted by Gasteiger charge is 2.32. The first-order valence-corrected chi connectivity index (χ1v) is 7.72. The van der Waals surface area contributed by atoms with Crippen LogP contribution in [0.5, 0.6) is 0 Å². The molecule has 2 rings (SSSR count). The van der Waals surface area contributed by atoms with Gasteiger partial charge in [0.05, 0.1) is 17.6 Å². The molecule has 0 bridgehead atoms. The second-order valence-electron chi connectivity index (χ2n) is 5.85. The second-order valence-corrected chi connectivity index (χ2v) is 5.85. The molecule has 0 spiro atoms. The fraction of sp³-hybridized carbons (Fsp3) is 0.312. The van der Waals surface area contributed by atoms with Crippen molar-refractivity contribution in [3.05, 3.63) is 35.3 Å². The number of aliphatic imine (C=N–C) groups is 1. The van der Waals surface area contributed by atoms with Gasteiger partial charge in [-0.2, -0.15) is 18.3 Å². The molecule has 0 radical (unpaired) electrons. The Morgan fingerprint density at radius 2 is 1.86 bits per heavy atom. The van der Waals surface area contributed by atoms with E-state index in [0.29, 0.717) is 23.2 Å². The van der Waals surface area contributed by atoms with Crippen LogP contribution in [0.2, 0.25) is 0 Å². The first-order valence-electron chi connectivity index (χ1n) is 7.72. The van der Waals surface area contributed by atoms with Crippen LogP contribution in [0.3, 0.4) is 0 Å². The first-order chi connectivity index (χ1) is 13.0. The van der Waals surface area contributed by atoms with Crippen molar-refractivity contribution in [3.8, 4) is 11.1 Å². The molecule has 2 N–H and O–H groups in total. The fourth-order valence-electron chi connectivity index (χ4n) is 2.33. The summed E-state index contributed by atoms with van der Waals surface area (Å²) >= 11 is 0. The Morgan fingerprint density at radius 1 is 1.29 bits per heavy atom. The maximum Gasteiger partial charge on any atom is 0.437 e. The smallest absolute Gasteiger partial charge is 0.437 e. The van der Waals surface area contributed by atoms with E-state index in [-0.39, 0.29) is 16.8 Å². The molecule has 0 amide bonds. The molecule has 0 aliphatic rings. The highest BCUT2D eigenvalue weighted by atomic mass is 19.4. The van der Waals surface area contributed by atoms with Crippen molar-refractivity contribution in [2.45, 2.75) is 25.9 Å². The third-order valence-electron chi connectivity index (χ3n) is 3.44. The van der Waals surface area contributed by atoms with E-state index in [0.717, 1.165) is 0 Å². The zero-order valence-corrected chi connectivity index (χ0v) is 14.5. The number of ether oxygens (including phenoxy) is 1. The van der Waals surface area contributed by atoms with Crippen molar-refractivity contribution in [3.63, 3.8) is 0 Å². The Bertz CT molecular complexity index is 898. The Morgan fingerprint density at radius 3 is 2.32 bits per heavy atom. The van der Waals surface area contributed by atoms with Crippen molar-refractivity contribution in [2.75, 3.05) is 6.61 Å². The Hall–Kier alpha value is -3.05. The van der Waals surface area contributed by atoms with Gasteiger partial charge in [0.2, 0.25) is 0 Å². The quantitative estimate of drug-likeness (QED) is 0.355. The Kier molecular flexibility index (Phi) is 6.00. The van der Waals surface area contributed by atoms with Crippen molar-refractivity contribution in [1.82, 2.24) is 9.78 Å². The summed E-state index contributed by atoms with van der Waals surface area (Å²) in [7, 11) is 0. The molecule has 0 atom stereocenters. The molecule has 152 valence electrons. The van der Waals surface area contributed by atoms with Gasteiger partial charge in [-0.15, -0.1) is 4.68 Å². The zero-order chi connectivity index (χ0) is 21.2. The normalized spacial score (nSPS) is 12.2. The lowest BCUT2D eigenvalue weighted by molar-refractivity contribution is -0.160. The molecule has 0 aliphatic carbocycles. The van der Waals surface area contributed by atoms with E-state index >= 15 is 0 Å². The molecular weight excluding hydrogens is 394 g/mol. The van der Waals surface area contributed by atoms with E-state index in [1.165, 1.54) is 0 Å². The second kappa shape index (κ2) is 7.90. The summed E-state index contributed by atoms with van der Waals surface area (Å²) in [6.07, 6.45) is -5.62. The average Bonchev–Trinajstić information content (AvgIpc) is 2.96. The van der Waals surface area contributed by atoms with Gasteiger partial charge >= 0.3 is 12.3 Å². The van der Waals surface area contributed by atoms with Crippen LogP contribution in [0.25, 0.3) is 11.1 Å². The van der Waals surface area contributed by atoms with Gasteiger partial charge in [0.1, 0.15) is 0 Å². The van der Waals surface area contributed by atoms with Crippen molar-refractivity contribution in [1.29, 1.82) is 0 Å². The van der Waals surface area contributed by atoms with Gasteiger partial charge in [0.25, 0.3) is 0 Å². The molecule has 0 saturated heterocycles. The number of halogens is 6. The van der Waals surface area contributed by atoms with Crippen LogP contribution in [0.1, 0.15) is 25.5 Å². The van der Waals surface area contributed by atoms with Crippen molar-refractivity contribution in [2.24, 2.45) is 10.7 Å². The van der Waals surface area contributed by atoms with Gasteiger partial charge in [-0.25, -0.2) is 23.0 Å². The minimum Gasteiger partial charge on any atom is -0.438 e. The third-order valence-corrected chi connectivity index (χ3v) is 3.44. The van der Waals surface area contributed by atoms with Gasteiger partial charge < -0.3 is 10.5 Å². The largest absolute Gasteiger partial charge is 0.438 e. The molecule has 0 fully saturated rings. The predicted molar refractivity (Wildman–Crippen MR) is 86.8 cm³/mol. The summed E-state index contributed by atoms with van der Waals surface area (Å²) in [5.41, 5.74) is 4.91. The SMILES string of the molecule is CC(C)c1nn(C(=O)OCC(F)(F)F)c(/N=C\N)c1-c1cc(F)c(F)c(F)c1. The standard InChI is InChI=1S/C16H14F6N4O2/c1-7(2)13-11(8-3-9(17)12(19)10(18)4-8)14(24-6-23)26(25-13)15(27)28-5-16(20,21)22/h3-4,6-7H,5H2,1-2H3,(H2,23,24). The number of alkyl halides is 3. The summed E-state index contributed by atoms with van der Waals surface area (Å²) < 4.78 is 82.1. The topological polar surface area (TPSA) is 82.5 Å². The van der Waals surface area contributed by atoms with Crippen LogP contribution in [0.4, 0.5) is 37.0 Å². The van der Waals surface area contributed by atoms with Crippen LogP contribution in [0.15, 0.2) is 17.1 Å². The van der Waals surface area contributed by atoms with Crippen molar-refractivity contribution < 1.29 is 35.9 Å². The number of aromatic nitrogens is 2. The zero-order valence-electron chi connectivity index (χ0n) is 14.5. The number of hydrogen-bond donors (Lipinski definition) is 1. The van der Waals surface area contributed by atoms with Crippen molar-refractivity contribution >= 4 is 18.2 Å². The first kappa shape index (κ1) is 21.3. The van der Waals surface area contributed by atoms with E-state index in [2.05, 4.69) is 14.8 Å². The molecule has 6 nitrogen and oxygen atoms in total. The fourth-order valence-corrected chi connectivity index (χ4v) is 2.33. The molecule has 12 heteroatoms. The summed E-state index contributed by atoms with van der Waals surface area (Å²) in [5, 5.41) is 3.85. The number of carbonyl (C=O) groups is 1. The summed E-state index contributed by atoms with van der Waals surface area (Å²) in [4.78, 5) is 15.7. The van der Waals surface area contributed by atoms with Crippen LogP contribution in [-0.2, 0) is 4.74 Å². The monoisotopic (exact) mass is 408 g/mol. The van der Waals surface area contributed by atoms with E-state index in [1.807, 2.05) is 0 Å². The highest BCUT2D eigenvalue weighted by Crippen LogP contribution is 2.38. The molecule has 28 heavy (non-hydrogen) atoms. The van der Waals surface area contributed by atoms with Gasteiger partial charge in [0.15, 0.2) is 29.9 Å². The summed E-state index contributed by atoms with van der Waals surface area (Å²) in [6, 6.07) is 1.28. The minimum atomic E-state index is -4.78. The maximum atomic E-state index is 13.7. The minimum absolute atomic E-state index is 0.0509. The van der Waals surface area contributed by atoms with E-state index in [9.17, 15) is 31.1 Å².